The van der Waals surface area contributed by atoms with E-state index in [-0.39, 0.29) is 12.2 Å². The molecule has 0 radical (unpaired) electrons. The first-order valence-electron chi connectivity index (χ1n) is 13.7. The summed E-state index contributed by atoms with van der Waals surface area (Å²) >= 11 is 1.69. The summed E-state index contributed by atoms with van der Waals surface area (Å²) in [4.78, 5) is 29.7. The van der Waals surface area contributed by atoms with Gasteiger partial charge >= 0.3 is 6.09 Å². The minimum atomic E-state index is -0.607. The molecule has 0 spiro atoms. The molecule has 4 heterocycles. The van der Waals surface area contributed by atoms with E-state index < -0.39 is 11.7 Å². The number of carbonyl (C=O) groups excluding carboxylic acids is 2. The number of benzene rings is 1. The number of hydrogen-bond acceptors (Lipinski definition) is 8. The van der Waals surface area contributed by atoms with Crippen LogP contribution >= 0.6 is 11.3 Å². The van der Waals surface area contributed by atoms with Gasteiger partial charge in [-0.05, 0) is 97.3 Å². The number of nitrogens with one attached hydrogen (secondary N) is 1. The van der Waals surface area contributed by atoms with Gasteiger partial charge in [-0.3, -0.25) is 9.69 Å². The molecule has 1 aliphatic heterocycles. The number of rotatable bonds is 5. The lowest BCUT2D eigenvalue weighted by molar-refractivity contribution is -0.138. The summed E-state index contributed by atoms with van der Waals surface area (Å²) in [5.74, 6) is 0. The van der Waals surface area contributed by atoms with Gasteiger partial charge in [-0.25, -0.2) is 4.79 Å². The molecule has 9 nitrogen and oxygen atoms in total. The molecule has 1 aromatic carbocycles. The van der Waals surface area contributed by atoms with Crippen molar-refractivity contribution in [2.45, 2.75) is 85.2 Å². The lowest BCUT2D eigenvalue weighted by Gasteiger charge is -2.25. The summed E-state index contributed by atoms with van der Waals surface area (Å²) in [6.45, 7) is 14.6. The van der Waals surface area contributed by atoms with E-state index in [9.17, 15) is 14.7 Å². The molecule has 3 aromatic heterocycles. The van der Waals surface area contributed by atoms with Crippen molar-refractivity contribution in [3.63, 3.8) is 0 Å². The second kappa shape index (κ2) is 12.1. The van der Waals surface area contributed by atoms with E-state index >= 15 is 0 Å². The van der Waals surface area contributed by atoms with Crippen molar-refractivity contribution in [1.82, 2.24) is 19.7 Å². The quantitative estimate of drug-likeness (QED) is 0.266. The molecule has 4 aromatic rings. The Kier molecular flexibility index (Phi) is 9.02. The van der Waals surface area contributed by atoms with Crippen LogP contribution in [0.1, 0.15) is 71.2 Å². The lowest BCUT2D eigenvalue weighted by atomic mass is 10.1. The van der Waals surface area contributed by atoms with Gasteiger partial charge in [0.05, 0.1) is 22.5 Å². The third-order valence-corrected chi connectivity index (χ3v) is 7.44. The first kappa shape index (κ1) is 29.8. The molecule has 5 rings (SSSR count). The molecule has 10 heteroatoms. The molecular weight excluding hydrogens is 528 g/mol. The van der Waals surface area contributed by atoms with Crippen LogP contribution in [-0.2, 0) is 27.4 Å². The van der Waals surface area contributed by atoms with Crippen LogP contribution in [0.3, 0.4) is 0 Å². The Morgan fingerprint density at radius 2 is 1.80 bits per heavy atom. The zero-order chi connectivity index (χ0) is 29.1. The normalized spacial score (nSPS) is 14.7. The van der Waals surface area contributed by atoms with Crippen molar-refractivity contribution >= 4 is 45.0 Å². The maximum Gasteiger partial charge on any atom is 0.435 e. The van der Waals surface area contributed by atoms with Gasteiger partial charge in [0.25, 0.3) is 6.47 Å². The summed E-state index contributed by atoms with van der Waals surface area (Å²) < 4.78 is 12.6. The topological polar surface area (TPSA) is 110 Å². The van der Waals surface area contributed by atoms with Crippen LogP contribution < -0.4 is 0 Å². The van der Waals surface area contributed by atoms with Crippen LogP contribution in [0.4, 0.5) is 4.79 Å². The zero-order valence-corrected chi connectivity index (χ0v) is 25.1. The maximum absolute atomic E-state index is 13.0. The molecule has 0 bridgehead atoms. The number of likely N-dealkylation sites (tertiary alicyclic amines) is 1. The summed E-state index contributed by atoms with van der Waals surface area (Å²) in [7, 11) is 0. The first-order valence-corrected chi connectivity index (χ1v) is 14.5. The fourth-order valence-electron chi connectivity index (χ4n) is 4.55. The van der Waals surface area contributed by atoms with Gasteiger partial charge < -0.3 is 19.6 Å². The number of thiophene rings is 1. The van der Waals surface area contributed by atoms with Crippen molar-refractivity contribution < 1.29 is 24.2 Å². The Morgan fingerprint density at radius 3 is 2.40 bits per heavy atom. The number of H-pyrrole nitrogens is 1. The van der Waals surface area contributed by atoms with Gasteiger partial charge in [0.2, 0.25) is 0 Å². The average molecular weight is 569 g/mol. The highest BCUT2D eigenvalue weighted by molar-refractivity contribution is 7.19. The molecule has 40 heavy (non-hydrogen) atoms. The molecule has 1 fully saturated rings. The first-order chi connectivity index (χ1) is 18.9. The molecule has 2 N–H and O–H groups in total. The third-order valence-electron chi connectivity index (χ3n) is 6.33. The van der Waals surface area contributed by atoms with Crippen LogP contribution in [0.15, 0.2) is 30.3 Å². The molecule has 0 amide bonds. The summed E-state index contributed by atoms with van der Waals surface area (Å²) in [6, 6.07) is 9.94. The lowest BCUT2D eigenvalue weighted by Crippen LogP contribution is -2.28. The van der Waals surface area contributed by atoms with Gasteiger partial charge in [-0.15, -0.1) is 11.3 Å². The van der Waals surface area contributed by atoms with E-state index in [1.165, 1.54) is 28.8 Å². The van der Waals surface area contributed by atoms with Crippen molar-refractivity contribution in [2.24, 2.45) is 0 Å². The zero-order valence-electron chi connectivity index (χ0n) is 24.2. The standard InChI is InChI=1S/C25H30N4O3S.C5H10O2/c1-25(2,3)32-24(31)29-21-13-18(14-28-9-5-4-6-10-28)33-23(21)22(27-29)20-12-17-11-16(15-30)7-8-19(17)26-20;1-5(2,3)7-4-6/h7-8,11-13,26,30H,4-6,9-10,14-15H2,1-3H3;4H,1-3H3. The summed E-state index contributed by atoms with van der Waals surface area (Å²) in [6.07, 6.45) is 3.32. The molecule has 0 unspecified atom stereocenters. The van der Waals surface area contributed by atoms with Crippen LogP contribution in [0.2, 0.25) is 0 Å². The second-order valence-electron chi connectivity index (χ2n) is 12.1. The van der Waals surface area contributed by atoms with Gasteiger partial charge in [0.1, 0.15) is 16.9 Å². The minimum absolute atomic E-state index is 0.00124. The Bertz CT molecular complexity index is 1470. The van der Waals surface area contributed by atoms with Crippen LogP contribution in [0, 0.1) is 0 Å². The highest BCUT2D eigenvalue weighted by Gasteiger charge is 2.25. The van der Waals surface area contributed by atoms with Crippen molar-refractivity contribution in [3.8, 4) is 11.4 Å². The highest BCUT2D eigenvalue weighted by Crippen LogP contribution is 2.37. The van der Waals surface area contributed by atoms with E-state index in [0.717, 1.165) is 57.7 Å². The number of aliphatic hydroxyl groups is 1. The number of fused-ring (bicyclic) bond motifs is 2. The van der Waals surface area contributed by atoms with E-state index in [0.29, 0.717) is 6.47 Å². The van der Waals surface area contributed by atoms with Crippen LogP contribution in [0.5, 0.6) is 0 Å². The number of aromatic nitrogens is 3. The molecular formula is C30H40N4O5S. The SMILES string of the molecule is CC(C)(C)OC(=O)n1nc(-c2cc3cc(CO)ccc3[nH]2)c2sc(CN3CCCCC3)cc21.CC(C)(C)OC=O. The summed E-state index contributed by atoms with van der Waals surface area (Å²) in [5, 5.41) is 15.2. The molecule has 1 saturated heterocycles. The number of carbonyl (C=O) groups is 2. The molecule has 0 aliphatic carbocycles. The largest absolute Gasteiger partial charge is 0.462 e. The Hall–Kier alpha value is -3.21. The minimum Gasteiger partial charge on any atom is -0.462 e. The molecule has 0 saturated carbocycles. The Balaban J connectivity index is 0.000000470. The van der Waals surface area contributed by atoms with Crippen LogP contribution in [0.25, 0.3) is 32.5 Å². The van der Waals surface area contributed by atoms with Crippen molar-refractivity contribution in [1.29, 1.82) is 0 Å². The number of ether oxygens (including phenoxy) is 2. The van der Waals surface area contributed by atoms with Crippen LogP contribution in [-0.4, -0.2) is 61.6 Å². The predicted molar refractivity (Wildman–Crippen MR) is 158 cm³/mol. The van der Waals surface area contributed by atoms with Gasteiger partial charge in [-0.2, -0.15) is 9.78 Å². The number of aliphatic hydroxyl groups excluding tert-OH is 1. The van der Waals surface area contributed by atoms with Gasteiger partial charge in [0.15, 0.2) is 0 Å². The number of piperidine rings is 1. The number of hydrogen-bond donors (Lipinski definition) is 2. The average Bonchev–Trinajstić information content (AvgIpc) is 3.55. The molecule has 216 valence electrons. The number of aromatic amines is 1. The van der Waals surface area contributed by atoms with Crippen molar-refractivity contribution in [3.05, 3.63) is 40.8 Å². The molecule has 0 atom stereocenters. The fourth-order valence-corrected chi connectivity index (χ4v) is 5.72. The monoisotopic (exact) mass is 568 g/mol. The summed E-state index contributed by atoms with van der Waals surface area (Å²) in [5.41, 5.74) is 3.27. The van der Waals surface area contributed by atoms with Crippen molar-refractivity contribution in [2.75, 3.05) is 13.1 Å². The maximum atomic E-state index is 13.0. The highest BCUT2D eigenvalue weighted by atomic mass is 32.1. The van der Waals surface area contributed by atoms with E-state index in [1.54, 1.807) is 11.3 Å². The van der Waals surface area contributed by atoms with E-state index in [1.807, 2.05) is 65.8 Å². The van der Waals surface area contributed by atoms with E-state index in [4.69, 9.17) is 4.74 Å². The third kappa shape index (κ3) is 7.50. The Labute approximate surface area is 239 Å². The smallest absolute Gasteiger partial charge is 0.435 e. The second-order valence-corrected chi connectivity index (χ2v) is 13.2. The predicted octanol–water partition coefficient (Wildman–Crippen LogP) is 6.47. The number of nitrogens with zero attached hydrogens (tertiary/aromatic N) is 3. The van der Waals surface area contributed by atoms with Gasteiger partial charge in [-0.1, -0.05) is 12.5 Å². The molecule has 1 aliphatic rings. The fraction of sp³-hybridized carbons (Fsp3) is 0.500. The Morgan fingerprint density at radius 1 is 1.07 bits per heavy atom. The van der Waals surface area contributed by atoms with E-state index in [2.05, 4.69) is 25.8 Å². The van der Waals surface area contributed by atoms with Gasteiger partial charge in [0, 0.05) is 22.3 Å².